The predicted octanol–water partition coefficient (Wildman–Crippen LogP) is 15.3. The summed E-state index contributed by atoms with van der Waals surface area (Å²) in [6.45, 7) is 0. The van der Waals surface area contributed by atoms with Gasteiger partial charge < -0.3 is 9.80 Å². The van der Waals surface area contributed by atoms with Gasteiger partial charge in [-0.3, -0.25) is 0 Å². The minimum Gasteiger partial charge on any atom is -0.311 e. The van der Waals surface area contributed by atoms with Crippen LogP contribution in [0, 0.1) is 0 Å². The van der Waals surface area contributed by atoms with Crippen molar-refractivity contribution in [1.29, 1.82) is 0 Å². The highest BCUT2D eigenvalue weighted by Gasteiger charge is 2.19. The monoisotopic (exact) mass is 716 g/mol. The first-order valence-electron chi connectivity index (χ1n) is 19.1. The maximum absolute atomic E-state index is 2.39. The fourth-order valence-corrected chi connectivity index (χ4v) is 7.57. The SMILES string of the molecule is c1ccc(-c2cc(-c3ccc(N(c4ccccc4)c4ccccc4)cc3)c(-c3ccc(N(c4ccccc4)c4ccccc4)cc3)cc2-c2ccccc2)cc1. The van der Waals surface area contributed by atoms with Crippen LogP contribution in [0.2, 0.25) is 0 Å². The smallest absolute Gasteiger partial charge is 0.0462 e. The van der Waals surface area contributed by atoms with Gasteiger partial charge in [-0.05, 0) is 129 Å². The van der Waals surface area contributed by atoms with Crippen molar-refractivity contribution in [3.05, 3.63) is 243 Å². The zero-order chi connectivity index (χ0) is 37.5. The fraction of sp³-hybridized carbons (Fsp3) is 0. The van der Waals surface area contributed by atoms with Crippen molar-refractivity contribution in [2.75, 3.05) is 9.80 Å². The van der Waals surface area contributed by atoms with E-state index in [0.717, 1.165) is 45.3 Å². The molecule has 0 saturated heterocycles. The lowest BCUT2D eigenvalue weighted by molar-refractivity contribution is 1.28. The number of nitrogens with zero attached hydrogens (tertiary/aromatic N) is 2. The van der Waals surface area contributed by atoms with E-state index in [1.54, 1.807) is 0 Å². The molecular formula is C54H40N2. The molecule has 0 aromatic heterocycles. The minimum atomic E-state index is 1.10. The van der Waals surface area contributed by atoms with E-state index in [1.807, 2.05) is 0 Å². The number of anilines is 6. The van der Waals surface area contributed by atoms with E-state index >= 15 is 0 Å². The fourth-order valence-electron chi connectivity index (χ4n) is 7.57. The molecule has 0 amide bonds. The van der Waals surface area contributed by atoms with Crippen molar-refractivity contribution in [2.45, 2.75) is 0 Å². The molecule has 2 nitrogen and oxygen atoms in total. The van der Waals surface area contributed by atoms with Crippen molar-refractivity contribution in [3.63, 3.8) is 0 Å². The predicted molar refractivity (Wildman–Crippen MR) is 238 cm³/mol. The molecule has 0 bridgehead atoms. The van der Waals surface area contributed by atoms with E-state index in [1.165, 1.54) is 33.4 Å². The van der Waals surface area contributed by atoms with Gasteiger partial charge in [-0.15, -0.1) is 0 Å². The van der Waals surface area contributed by atoms with Gasteiger partial charge in [0.1, 0.15) is 0 Å². The van der Waals surface area contributed by atoms with Gasteiger partial charge in [0, 0.05) is 34.1 Å². The number of rotatable bonds is 10. The number of hydrogen-bond acceptors (Lipinski definition) is 2. The van der Waals surface area contributed by atoms with Crippen LogP contribution >= 0.6 is 0 Å². The zero-order valence-electron chi connectivity index (χ0n) is 31.0. The third-order valence-corrected chi connectivity index (χ3v) is 10.3. The normalized spacial score (nSPS) is 10.9. The van der Waals surface area contributed by atoms with Gasteiger partial charge in [-0.2, -0.15) is 0 Å². The van der Waals surface area contributed by atoms with Gasteiger partial charge in [0.25, 0.3) is 0 Å². The summed E-state index contributed by atoms with van der Waals surface area (Å²) in [7, 11) is 0. The second kappa shape index (κ2) is 15.9. The van der Waals surface area contributed by atoms with Crippen LogP contribution in [0.25, 0.3) is 44.5 Å². The molecule has 0 radical (unpaired) electrons. The maximum atomic E-state index is 2.39. The molecule has 0 N–H and O–H groups in total. The first-order valence-corrected chi connectivity index (χ1v) is 19.1. The molecule has 0 fully saturated rings. The Morgan fingerprint density at radius 3 is 0.625 bits per heavy atom. The average molecular weight is 717 g/mol. The summed E-state index contributed by atoms with van der Waals surface area (Å²) in [5.41, 5.74) is 16.1. The Kier molecular flexibility index (Phi) is 9.75. The van der Waals surface area contributed by atoms with Gasteiger partial charge in [-0.25, -0.2) is 0 Å². The Bertz CT molecular complexity index is 2360. The van der Waals surface area contributed by atoms with Crippen LogP contribution in [-0.4, -0.2) is 0 Å². The van der Waals surface area contributed by atoms with Gasteiger partial charge in [0.15, 0.2) is 0 Å². The molecule has 9 aromatic carbocycles. The Labute approximate surface area is 329 Å². The van der Waals surface area contributed by atoms with E-state index < -0.39 is 0 Å². The molecule has 9 aromatic rings. The summed E-state index contributed by atoms with van der Waals surface area (Å²) < 4.78 is 0. The molecule has 266 valence electrons. The van der Waals surface area contributed by atoms with Gasteiger partial charge >= 0.3 is 0 Å². The summed E-state index contributed by atoms with van der Waals surface area (Å²) in [5.74, 6) is 0. The Hall–Kier alpha value is -7.42. The average Bonchev–Trinajstić information content (AvgIpc) is 3.29. The standard InChI is InChI=1S/C54H40N2/c1-7-19-41(20-8-1)51-39-53(43-31-35-49(36-32-43)55(45-23-11-3-12-24-45)46-25-13-4-14-26-46)54(40-52(51)42-21-9-2-10-22-42)44-33-37-50(38-34-44)56(47-27-15-5-16-28-47)48-29-17-6-18-30-48/h1-40H. The maximum Gasteiger partial charge on any atom is 0.0462 e. The van der Waals surface area contributed by atoms with Crippen LogP contribution in [0.5, 0.6) is 0 Å². The third kappa shape index (κ3) is 7.12. The molecule has 0 unspecified atom stereocenters. The topological polar surface area (TPSA) is 6.48 Å². The van der Waals surface area contributed by atoms with Crippen molar-refractivity contribution < 1.29 is 0 Å². The highest BCUT2D eigenvalue weighted by molar-refractivity contribution is 5.96. The van der Waals surface area contributed by atoms with Crippen LogP contribution in [0.4, 0.5) is 34.1 Å². The molecule has 0 aliphatic heterocycles. The van der Waals surface area contributed by atoms with E-state index in [0.29, 0.717) is 0 Å². The third-order valence-electron chi connectivity index (χ3n) is 10.3. The summed E-state index contributed by atoms with van der Waals surface area (Å²) in [5, 5.41) is 0. The summed E-state index contributed by atoms with van der Waals surface area (Å²) in [6.07, 6.45) is 0. The molecule has 0 aliphatic carbocycles. The highest BCUT2D eigenvalue weighted by atomic mass is 15.1. The van der Waals surface area contributed by atoms with Crippen LogP contribution in [0.3, 0.4) is 0 Å². The molecule has 0 heterocycles. The quantitative estimate of drug-likeness (QED) is 0.139. The summed E-state index contributed by atoms with van der Waals surface area (Å²) in [4.78, 5) is 4.62. The second-order valence-corrected chi connectivity index (χ2v) is 13.8. The van der Waals surface area contributed by atoms with Crippen LogP contribution in [0.15, 0.2) is 243 Å². The molecule has 0 atom stereocenters. The Balaban J connectivity index is 1.20. The van der Waals surface area contributed by atoms with Gasteiger partial charge in [0.05, 0.1) is 0 Å². The number of para-hydroxylation sites is 4. The minimum absolute atomic E-state index is 1.10. The van der Waals surface area contributed by atoms with E-state index in [-0.39, 0.29) is 0 Å². The van der Waals surface area contributed by atoms with Gasteiger partial charge in [0.2, 0.25) is 0 Å². The Morgan fingerprint density at radius 1 is 0.179 bits per heavy atom. The van der Waals surface area contributed by atoms with Crippen molar-refractivity contribution in [3.8, 4) is 44.5 Å². The van der Waals surface area contributed by atoms with Crippen molar-refractivity contribution in [1.82, 2.24) is 0 Å². The first-order chi connectivity index (χ1) is 27.8. The molecule has 56 heavy (non-hydrogen) atoms. The van der Waals surface area contributed by atoms with Crippen molar-refractivity contribution in [2.24, 2.45) is 0 Å². The lowest BCUT2D eigenvalue weighted by atomic mass is 9.85. The van der Waals surface area contributed by atoms with E-state index in [9.17, 15) is 0 Å². The van der Waals surface area contributed by atoms with E-state index in [2.05, 4.69) is 252 Å². The molecular weight excluding hydrogens is 677 g/mol. The van der Waals surface area contributed by atoms with Crippen LogP contribution in [0.1, 0.15) is 0 Å². The Morgan fingerprint density at radius 2 is 0.375 bits per heavy atom. The highest BCUT2D eigenvalue weighted by Crippen LogP contribution is 2.44. The second-order valence-electron chi connectivity index (χ2n) is 13.8. The molecule has 2 heteroatoms. The number of benzene rings is 9. The first kappa shape index (κ1) is 34.4. The van der Waals surface area contributed by atoms with Crippen molar-refractivity contribution >= 4 is 34.1 Å². The van der Waals surface area contributed by atoms with Crippen LogP contribution < -0.4 is 9.80 Å². The largest absolute Gasteiger partial charge is 0.311 e. The molecule has 9 rings (SSSR count). The van der Waals surface area contributed by atoms with Crippen LogP contribution in [-0.2, 0) is 0 Å². The summed E-state index contributed by atoms with van der Waals surface area (Å²) in [6, 6.07) is 86.6. The molecule has 0 spiro atoms. The lowest BCUT2D eigenvalue weighted by Gasteiger charge is -2.26. The lowest BCUT2D eigenvalue weighted by Crippen LogP contribution is -2.09. The molecule has 0 aliphatic rings. The summed E-state index contributed by atoms with van der Waals surface area (Å²) >= 11 is 0. The van der Waals surface area contributed by atoms with E-state index in [4.69, 9.17) is 0 Å². The zero-order valence-corrected chi connectivity index (χ0v) is 31.0. The number of hydrogen-bond donors (Lipinski definition) is 0. The molecule has 0 saturated carbocycles. The van der Waals surface area contributed by atoms with Gasteiger partial charge in [-0.1, -0.05) is 158 Å².